The van der Waals surface area contributed by atoms with Crippen LogP contribution < -0.4 is 5.32 Å². The standard InChI is InChI=1S/C15H14N2O4/c18-15(21-11-10-12-4-2-1-3-5-12)16-13-6-8-14(9-7-13)17(19)20/h1-9H,10-11H2,(H,16,18). The summed E-state index contributed by atoms with van der Waals surface area (Å²) < 4.78 is 5.04. The molecule has 0 heterocycles. The third kappa shape index (κ3) is 4.61. The fourth-order valence-corrected chi connectivity index (χ4v) is 1.73. The number of nitrogens with zero attached hydrogens (tertiary/aromatic N) is 1. The quantitative estimate of drug-likeness (QED) is 0.674. The minimum absolute atomic E-state index is 0.0296. The van der Waals surface area contributed by atoms with Gasteiger partial charge in [0.05, 0.1) is 11.5 Å². The third-order valence-electron chi connectivity index (χ3n) is 2.79. The van der Waals surface area contributed by atoms with Crippen molar-refractivity contribution in [3.05, 3.63) is 70.3 Å². The Labute approximate surface area is 121 Å². The molecule has 0 unspecified atom stereocenters. The maximum absolute atomic E-state index is 11.6. The number of nitro groups is 1. The summed E-state index contributed by atoms with van der Waals surface area (Å²) in [6.45, 7) is 0.267. The van der Waals surface area contributed by atoms with Crippen LogP contribution in [0, 0.1) is 10.1 Å². The zero-order valence-electron chi connectivity index (χ0n) is 11.2. The second kappa shape index (κ2) is 7.04. The summed E-state index contributed by atoms with van der Waals surface area (Å²) in [6.07, 6.45) is 0.0499. The number of hydrogen-bond donors (Lipinski definition) is 1. The number of non-ortho nitro benzene ring substituents is 1. The average Bonchev–Trinajstić information content (AvgIpc) is 2.49. The Hall–Kier alpha value is -2.89. The van der Waals surface area contributed by atoms with Crippen molar-refractivity contribution in [2.75, 3.05) is 11.9 Å². The molecule has 2 aromatic rings. The van der Waals surface area contributed by atoms with E-state index in [1.807, 2.05) is 30.3 Å². The first-order chi connectivity index (χ1) is 10.1. The lowest BCUT2D eigenvalue weighted by Crippen LogP contribution is -2.15. The average molecular weight is 286 g/mol. The van der Waals surface area contributed by atoms with E-state index in [2.05, 4.69) is 5.32 Å². The van der Waals surface area contributed by atoms with Gasteiger partial charge in [0.1, 0.15) is 0 Å². The highest BCUT2D eigenvalue weighted by Crippen LogP contribution is 2.15. The van der Waals surface area contributed by atoms with E-state index >= 15 is 0 Å². The number of anilines is 1. The van der Waals surface area contributed by atoms with Gasteiger partial charge >= 0.3 is 6.09 Å². The van der Waals surface area contributed by atoms with E-state index < -0.39 is 11.0 Å². The van der Waals surface area contributed by atoms with Gasteiger partial charge in [-0.2, -0.15) is 0 Å². The van der Waals surface area contributed by atoms with E-state index in [0.717, 1.165) is 5.56 Å². The Morgan fingerprint density at radius 3 is 2.38 bits per heavy atom. The van der Waals surface area contributed by atoms with Crippen molar-refractivity contribution in [3.8, 4) is 0 Å². The van der Waals surface area contributed by atoms with E-state index in [-0.39, 0.29) is 12.3 Å². The largest absolute Gasteiger partial charge is 0.449 e. The number of ether oxygens (including phenoxy) is 1. The van der Waals surface area contributed by atoms with E-state index in [0.29, 0.717) is 12.1 Å². The van der Waals surface area contributed by atoms with Crippen LogP contribution >= 0.6 is 0 Å². The van der Waals surface area contributed by atoms with Crippen molar-refractivity contribution in [1.82, 2.24) is 0 Å². The van der Waals surface area contributed by atoms with Crippen molar-refractivity contribution in [2.45, 2.75) is 6.42 Å². The van der Waals surface area contributed by atoms with Gasteiger partial charge in [-0.1, -0.05) is 30.3 Å². The Bertz CT molecular complexity index is 611. The number of amides is 1. The molecular weight excluding hydrogens is 272 g/mol. The SMILES string of the molecule is O=C(Nc1ccc([N+](=O)[O-])cc1)OCCc1ccccc1. The molecule has 0 aromatic heterocycles. The molecule has 108 valence electrons. The molecule has 0 aliphatic carbocycles. The Kier molecular flexibility index (Phi) is 4.87. The van der Waals surface area contributed by atoms with Gasteiger partial charge in [0.25, 0.3) is 5.69 Å². The number of carbonyl (C=O) groups excluding carboxylic acids is 1. The van der Waals surface area contributed by atoms with Gasteiger partial charge in [0, 0.05) is 24.2 Å². The molecule has 21 heavy (non-hydrogen) atoms. The van der Waals surface area contributed by atoms with Gasteiger partial charge in [0.2, 0.25) is 0 Å². The molecule has 2 aromatic carbocycles. The van der Waals surface area contributed by atoms with Crippen LogP contribution in [0.4, 0.5) is 16.2 Å². The zero-order chi connectivity index (χ0) is 15.1. The number of rotatable bonds is 5. The summed E-state index contributed by atoms with van der Waals surface area (Å²) in [5, 5.41) is 13.0. The predicted molar refractivity (Wildman–Crippen MR) is 78.2 cm³/mol. The van der Waals surface area contributed by atoms with Crippen molar-refractivity contribution in [1.29, 1.82) is 0 Å². The van der Waals surface area contributed by atoms with Gasteiger partial charge in [-0.05, 0) is 17.7 Å². The zero-order valence-corrected chi connectivity index (χ0v) is 11.2. The summed E-state index contributed by atoms with van der Waals surface area (Å²) in [7, 11) is 0. The minimum atomic E-state index is -0.584. The normalized spacial score (nSPS) is 9.90. The van der Waals surface area contributed by atoms with Crippen LogP contribution in [0.25, 0.3) is 0 Å². The number of hydrogen-bond acceptors (Lipinski definition) is 4. The molecule has 0 radical (unpaired) electrons. The molecule has 6 heteroatoms. The van der Waals surface area contributed by atoms with Crippen molar-refractivity contribution >= 4 is 17.5 Å². The van der Waals surface area contributed by atoms with Crippen molar-refractivity contribution in [3.63, 3.8) is 0 Å². The number of benzene rings is 2. The fourth-order valence-electron chi connectivity index (χ4n) is 1.73. The molecule has 0 atom stereocenters. The molecule has 2 rings (SSSR count). The van der Waals surface area contributed by atoms with Gasteiger partial charge < -0.3 is 4.74 Å². The van der Waals surface area contributed by atoms with Crippen molar-refractivity contribution in [2.24, 2.45) is 0 Å². The van der Waals surface area contributed by atoms with Crippen LogP contribution in [-0.4, -0.2) is 17.6 Å². The molecule has 1 amide bonds. The van der Waals surface area contributed by atoms with E-state index in [1.165, 1.54) is 24.3 Å². The first-order valence-electron chi connectivity index (χ1n) is 6.37. The van der Waals surface area contributed by atoms with Gasteiger partial charge in [-0.3, -0.25) is 15.4 Å². The van der Waals surface area contributed by atoms with Crippen molar-refractivity contribution < 1.29 is 14.5 Å². The topological polar surface area (TPSA) is 81.5 Å². The molecule has 0 fully saturated rings. The predicted octanol–water partition coefficient (Wildman–Crippen LogP) is 3.39. The monoisotopic (exact) mass is 286 g/mol. The number of carbonyl (C=O) groups is 1. The van der Waals surface area contributed by atoms with E-state index in [4.69, 9.17) is 4.74 Å². The van der Waals surface area contributed by atoms with Gasteiger partial charge in [-0.25, -0.2) is 4.79 Å². The lowest BCUT2D eigenvalue weighted by atomic mass is 10.2. The maximum atomic E-state index is 11.6. The minimum Gasteiger partial charge on any atom is -0.449 e. The van der Waals surface area contributed by atoms with Crippen LogP contribution in [0.15, 0.2) is 54.6 Å². The summed E-state index contributed by atoms with van der Waals surface area (Å²) in [4.78, 5) is 21.6. The number of nitrogens with one attached hydrogen (secondary N) is 1. The molecular formula is C15H14N2O4. The maximum Gasteiger partial charge on any atom is 0.411 e. The molecule has 0 bridgehead atoms. The number of nitro benzene ring substituents is 1. The fraction of sp³-hybridized carbons (Fsp3) is 0.133. The Morgan fingerprint density at radius 1 is 1.10 bits per heavy atom. The van der Waals surface area contributed by atoms with Crippen LogP contribution in [0.3, 0.4) is 0 Å². The molecule has 0 saturated heterocycles. The molecule has 6 nitrogen and oxygen atoms in total. The highest BCUT2D eigenvalue weighted by Gasteiger charge is 2.07. The highest BCUT2D eigenvalue weighted by atomic mass is 16.6. The second-order valence-electron chi connectivity index (χ2n) is 4.30. The van der Waals surface area contributed by atoms with E-state index in [9.17, 15) is 14.9 Å². The molecule has 0 aliphatic heterocycles. The lowest BCUT2D eigenvalue weighted by Gasteiger charge is -2.07. The third-order valence-corrected chi connectivity index (χ3v) is 2.79. The first kappa shape index (κ1) is 14.5. The van der Waals surface area contributed by atoms with Crippen LogP contribution in [-0.2, 0) is 11.2 Å². The molecule has 1 N–H and O–H groups in total. The summed E-state index contributed by atoms with van der Waals surface area (Å²) in [5.74, 6) is 0. The summed E-state index contributed by atoms with van der Waals surface area (Å²) in [5.41, 5.74) is 1.50. The van der Waals surface area contributed by atoms with Gasteiger partial charge in [0.15, 0.2) is 0 Å². The smallest absolute Gasteiger partial charge is 0.411 e. The molecule has 0 saturated carbocycles. The highest BCUT2D eigenvalue weighted by molar-refractivity contribution is 5.84. The first-order valence-corrected chi connectivity index (χ1v) is 6.37. The van der Waals surface area contributed by atoms with Crippen LogP contribution in [0.5, 0.6) is 0 Å². The second-order valence-corrected chi connectivity index (χ2v) is 4.30. The Morgan fingerprint density at radius 2 is 1.76 bits per heavy atom. The molecule has 0 spiro atoms. The van der Waals surface area contributed by atoms with E-state index in [1.54, 1.807) is 0 Å². The van der Waals surface area contributed by atoms with Crippen LogP contribution in [0.1, 0.15) is 5.56 Å². The molecule has 0 aliphatic rings. The van der Waals surface area contributed by atoms with Gasteiger partial charge in [-0.15, -0.1) is 0 Å². The Balaban J connectivity index is 1.78. The lowest BCUT2D eigenvalue weighted by molar-refractivity contribution is -0.384. The summed E-state index contributed by atoms with van der Waals surface area (Å²) in [6, 6.07) is 15.2. The van der Waals surface area contributed by atoms with Crippen LogP contribution in [0.2, 0.25) is 0 Å². The summed E-state index contributed by atoms with van der Waals surface area (Å²) >= 11 is 0.